The van der Waals surface area contributed by atoms with Crippen molar-refractivity contribution in [2.45, 2.75) is 77.7 Å². The van der Waals surface area contributed by atoms with Crippen LogP contribution in [0.1, 0.15) is 66.0 Å². The number of carbonyl (C=O) groups is 1. The van der Waals surface area contributed by atoms with E-state index in [2.05, 4.69) is 66.5 Å². The molecule has 0 heterocycles. The first kappa shape index (κ1) is 25.1. The molecular weight excluding hydrogens is 416 g/mol. The molecule has 182 valence electrons. The molecule has 7 nitrogen and oxygen atoms in total. The molecule has 1 saturated carbocycles. The Morgan fingerprint density at radius 1 is 1.24 bits per heavy atom. The third kappa shape index (κ3) is 6.74. The number of alkyl carbamates (subject to hydrolysis) is 1. The fourth-order valence-corrected chi connectivity index (χ4v) is 4.03. The van der Waals surface area contributed by atoms with Crippen molar-refractivity contribution in [1.82, 2.24) is 21.5 Å². The molecule has 4 N–H and O–H groups in total. The molecule has 1 amide bonds. The van der Waals surface area contributed by atoms with Crippen molar-refractivity contribution in [3.05, 3.63) is 53.3 Å². The van der Waals surface area contributed by atoms with Gasteiger partial charge >= 0.3 is 6.09 Å². The first-order valence-corrected chi connectivity index (χ1v) is 11.8. The molecule has 2 aliphatic rings. The Morgan fingerprint density at radius 3 is 2.61 bits per heavy atom. The molecule has 2 aliphatic carbocycles. The maximum Gasteiger partial charge on any atom is 0.407 e. The maximum absolute atomic E-state index is 12.4. The normalized spacial score (nSPS) is 23.8. The van der Waals surface area contributed by atoms with Crippen molar-refractivity contribution in [2.75, 3.05) is 13.6 Å². The first-order valence-electron chi connectivity index (χ1n) is 11.8. The molecule has 7 heteroatoms. The highest BCUT2D eigenvalue weighted by Gasteiger charge is 2.40. The minimum absolute atomic E-state index is 0.166. The van der Waals surface area contributed by atoms with Crippen molar-refractivity contribution in [2.24, 2.45) is 5.92 Å². The summed E-state index contributed by atoms with van der Waals surface area (Å²) in [5, 5.41) is 6.80. The SMILES string of the molecule is CNNC1=CC=C(C)[C@H](C)[C@@]1(C)NC(CNC(=O)OC(C)(C)C)c1cccc(OC2CC2)c1. The Bertz CT molecular complexity index is 901. The molecule has 0 aromatic heterocycles. The van der Waals surface area contributed by atoms with Crippen LogP contribution in [0.5, 0.6) is 5.75 Å². The second-order valence-electron chi connectivity index (χ2n) is 10.3. The Hall–Kier alpha value is -2.51. The van der Waals surface area contributed by atoms with Crippen molar-refractivity contribution >= 4 is 6.09 Å². The van der Waals surface area contributed by atoms with Crippen LogP contribution in [0, 0.1) is 5.92 Å². The van der Waals surface area contributed by atoms with E-state index in [1.165, 1.54) is 5.57 Å². The molecule has 0 saturated heterocycles. The van der Waals surface area contributed by atoms with Crippen LogP contribution in [0.25, 0.3) is 0 Å². The zero-order valence-corrected chi connectivity index (χ0v) is 21.0. The lowest BCUT2D eigenvalue weighted by molar-refractivity contribution is 0.0519. The summed E-state index contributed by atoms with van der Waals surface area (Å²) in [4.78, 5) is 12.4. The topological polar surface area (TPSA) is 83.7 Å². The van der Waals surface area contributed by atoms with Gasteiger partial charge in [-0.1, -0.05) is 30.7 Å². The standard InChI is InChI=1S/C26H40N4O3/c1-17-11-14-23(30-27-7)26(6,18(17)2)29-22(16-28-24(31)33-25(3,4)5)19-9-8-10-21(15-19)32-20-12-13-20/h8-11,14-15,18,20,22,27,29-30H,12-13,16H2,1-7H3,(H,28,31)/t18-,22?,26+/m0/s1. The van der Waals surface area contributed by atoms with Gasteiger partial charge in [0.15, 0.2) is 0 Å². The van der Waals surface area contributed by atoms with E-state index in [9.17, 15) is 4.79 Å². The van der Waals surface area contributed by atoms with Gasteiger partial charge in [-0.3, -0.25) is 5.32 Å². The van der Waals surface area contributed by atoms with E-state index in [4.69, 9.17) is 9.47 Å². The van der Waals surface area contributed by atoms with E-state index in [1.54, 1.807) is 0 Å². The Labute approximate surface area is 198 Å². The average molecular weight is 457 g/mol. The molecule has 1 aromatic carbocycles. The lowest BCUT2D eigenvalue weighted by Crippen LogP contribution is -2.58. The smallest absolute Gasteiger partial charge is 0.407 e. The summed E-state index contributed by atoms with van der Waals surface area (Å²) in [6.45, 7) is 12.5. The lowest BCUT2D eigenvalue weighted by atomic mass is 9.75. The lowest BCUT2D eigenvalue weighted by Gasteiger charge is -2.44. The monoisotopic (exact) mass is 456 g/mol. The summed E-state index contributed by atoms with van der Waals surface area (Å²) in [7, 11) is 1.86. The molecule has 0 bridgehead atoms. The van der Waals surface area contributed by atoms with Crippen LogP contribution in [-0.2, 0) is 4.74 Å². The Balaban J connectivity index is 1.86. The number of hydrazine groups is 1. The second-order valence-corrected chi connectivity index (χ2v) is 10.3. The van der Waals surface area contributed by atoms with E-state index in [1.807, 2.05) is 40.0 Å². The van der Waals surface area contributed by atoms with Gasteiger partial charge in [0.05, 0.1) is 17.7 Å². The summed E-state index contributed by atoms with van der Waals surface area (Å²) >= 11 is 0. The van der Waals surface area contributed by atoms with Crippen LogP contribution in [0.15, 0.2) is 47.7 Å². The number of nitrogens with one attached hydrogen (secondary N) is 4. The highest BCUT2D eigenvalue weighted by molar-refractivity contribution is 5.67. The number of rotatable bonds is 9. The third-order valence-electron chi connectivity index (χ3n) is 6.29. The minimum Gasteiger partial charge on any atom is -0.490 e. The number of amides is 1. The van der Waals surface area contributed by atoms with Crippen molar-refractivity contribution in [1.29, 1.82) is 0 Å². The maximum atomic E-state index is 12.4. The zero-order chi connectivity index (χ0) is 24.2. The molecule has 3 rings (SSSR count). The van der Waals surface area contributed by atoms with Crippen LogP contribution in [-0.4, -0.2) is 36.9 Å². The zero-order valence-electron chi connectivity index (χ0n) is 21.0. The fourth-order valence-electron chi connectivity index (χ4n) is 4.03. The highest BCUT2D eigenvalue weighted by atomic mass is 16.6. The van der Waals surface area contributed by atoms with Crippen LogP contribution in [0.2, 0.25) is 0 Å². The Kier molecular flexibility index (Phi) is 7.75. The molecule has 1 fully saturated rings. The molecule has 3 atom stereocenters. The van der Waals surface area contributed by atoms with Gasteiger partial charge in [-0.05, 0) is 71.2 Å². The van der Waals surface area contributed by atoms with Gasteiger partial charge in [-0.15, -0.1) is 0 Å². The van der Waals surface area contributed by atoms with E-state index in [0.29, 0.717) is 12.6 Å². The number of benzene rings is 1. The minimum atomic E-state index is -0.552. The van der Waals surface area contributed by atoms with Gasteiger partial charge in [0.2, 0.25) is 0 Å². The summed E-state index contributed by atoms with van der Waals surface area (Å²) in [6, 6.07) is 7.98. The van der Waals surface area contributed by atoms with Crippen LogP contribution >= 0.6 is 0 Å². The van der Waals surface area contributed by atoms with E-state index in [-0.39, 0.29) is 12.0 Å². The number of allylic oxidation sites excluding steroid dienone is 2. The van der Waals surface area contributed by atoms with Crippen LogP contribution in [0.3, 0.4) is 0 Å². The summed E-state index contributed by atoms with van der Waals surface area (Å²) < 4.78 is 11.5. The van der Waals surface area contributed by atoms with Crippen molar-refractivity contribution in [3.8, 4) is 5.75 Å². The van der Waals surface area contributed by atoms with Crippen molar-refractivity contribution < 1.29 is 14.3 Å². The number of hydrogen-bond donors (Lipinski definition) is 4. The number of hydrogen-bond acceptors (Lipinski definition) is 6. The molecule has 1 unspecified atom stereocenters. The number of carbonyl (C=O) groups excluding carboxylic acids is 1. The molecule has 1 aromatic rings. The Morgan fingerprint density at radius 2 is 1.97 bits per heavy atom. The predicted molar refractivity (Wildman–Crippen MR) is 132 cm³/mol. The first-order chi connectivity index (χ1) is 15.5. The van der Waals surface area contributed by atoms with E-state index >= 15 is 0 Å². The second kappa shape index (κ2) is 10.2. The van der Waals surface area contributed by atoms with E-state index < -0.39 is 17.2 Å². The van der Waals surface area contributed by atoms with Gasteiger partial charge < -0.3 is 20.2 Å². The average Bonchev–Trinajstić information content (AvgIpc) is 3.55. The summed E-state index contributed by atoms with van der Waals surface area (Å²) in [5.74, 6) is 1.09. The third-order valence-corrected chi connectivity index (χ3v) is 6.29. The van der Waals surface area contributed by atoms with Gasteiger partial charge in [0, 0.05) is 25.2 Å². The number of ether oxygens (including phenoxy) is 2. The predicted octanol–water partition coefficient (Wildman–Crippen LogP) is 4.35. The van der Waals surface area contributed by atoms with Crippen LogP contribution in [0.4, 0.5) is 4.79 Å². The largest absolute Gasteiger partial charge is 0.490 e. The summed E-state index contributed by atoms with van der Waals surface area (Å²) in [6.07, 6.45) is 6.36. The van der Waals surface area contributed by atoms with E-state index in [0.717, 1.165) is 29.9 Å². The summed E-state index contributed by atoms with van der Waals surface area (Å²) in [5.41, 5.74) is 8.78. The van der Waals surface area contributed by atoms with Gasteiger partial charge in [0.25, 0.3) is 0 Å². The molecule has 0 aliphatic heterocycles. The van der Waals surface area contributed by atoms with Crippen molar-refractivity contribution in [3.63, 3.8) is 0 Å². The highest BCUT2D eigenvalue weighted by Crippen LogP contribution is 2.36. The molecule has 0 spiro atoms. The molecule has 0 radical (unpaired) electrons. The van der Waals surface area contributed by atoms with Gasteiger partial charge in [-0.2, -0.15) is 0 Å². The molecular formula is C26H40N4O3. The quantitative estimate of drug-likeness (QED) is 0.414. The fraction of sp³-hybridized carbons (Fsp3) is 0.577. The molecule has 33 heavy (non-hydrogen) atoms. The van der Waals surface area contributed by atoms with Gasteiger partial charge in [0.1, 0.15) is 11.4 Å². The van der Waals surface area contributed by atoms with Gasteiger partial charge in [-0.25, -0.2) is 10.2 Å². The van der Waals surface area contributed by atoms with Crippen LogP contribution < -0.4 is 26.2 Å².